The first-order valence-electron chi connectivity index (χ1n) is 7.15. The fraction of sp³-hybridized carbons (Fsp3) is 0.467. The normalized spacial score (nSPS) is 11.0. The summed E-state index contributed by atoms with van der Waals surface area (Å²) in [4.78, 5) is 4.03. The molecule has 0 saturated heterocycles. The lowest BCUT2D eigenvalue weighted by Crippen LogP contribution is -2.10. The van der Waals surface area contributed by atoms with Gasteiger partial charge in [-0.25, -0.2) is 0 Å². The van der Waals surface area contributed by atoms with Crippen molar-refractivity contribution < 1.29 is 4.74 Å². The van der Waals surface area contributed by atoms with Crippen LogP contribution in [-0.2, 0) is 4.74 Å². The van der Waals surface area contributed by atoms with Crippen LogP contribution in [0.3, 0.4) is 0 Å². The van der Waals surface area contributed by atoms with Crippen LogP contribution in [0, 0.1) is 5.92 Å². The molecule has 0 radical (unpaired) electrons. The number of pyridine rings is 1. The number of anilines is 2. The fourth-order valence-electron chi connectivity index (χ4n) is 1.88. The maximum absolute atomic E-state index is 5.97. The Kier molecular flexibility index (Phi) is 5.95. The SMILES string of the molecule is CC(C)CCOCCNc1snc(N)c1-c1ccncc1. The van der Waals surface area contributed by atoms with Gasteiger partial charge in [0.1, 0.15) is 10.8 Å². The van der Waals surface area contributed by atoms with Crippen molar-refractivity contribution in [2.24, 2.45) is 5.92 Å². The molecule has 0 aromatic carbocycles. The number of hydrogen-bond donors (Lipinski definition) is 2. The van der Waals surface area contributed by atoms with Gasteiger partial charge in [0.2, 0.25) is 0 Å². The highest BCUT2D eigenvalue weighted by molar-refractivity contribution is 7.11. The molecule has 114 valence electrons. The monoisotopic (exact) mass is 306 g/mol. The Morgan fingerprint density at radius 3 is 2.76 bits per heavy atom. The van der Waals surface area contributed by atoms with Crippen molar-refractivity contribution in [3.8, 4) is 11.1 Å². The molecule has 21 heavy (non-hydrogen) atoms. The van der Waals surface area contributed by atoms with Crippen molar-refractivity contribution >= 4 is 22.4 Å². The number of nitrogens with one attached hydrogen (secondary N) is 1. The third-order valence-corrected chi connectivity index (χ3v) is 3.88. The van der Waals surface area contributed by atoms with E-state index < -0.39 is 0 Å². The molecule has 0 unspecified atom stereocenters. The Morgan fingerprint density at radius 2 is 2.05 bits per heavy atom. The van der Waals surface area contributed by atoms with Crippen LogP contribution in [0.2, 0.25) is 0 Å². The fourth-order valence-corrected chi connectivity index (χ4v) is 2.64. The average molecular weight is 306 g/mol. The third kappa shape index (κ3) is 4.68. The second-order valence-electron chi connectivity index (χ2n) is 5.23. The van der Waals surface area contributed by atoms with Crippen LogP contribution in [0.25, 0.3) is 11.1 Å². The summed E-state index contributed by atoms with van der Waals surface area (Å²) in [6.45, 7) is 6.63. The van der Waals surface area contributed by atoms with E-state index in [9.17, 15) is 0 Å². The number of ether oxygens (including phenoxy) is 1. The van der Waals surface area contributed by atoms with Gasteiger partial charge in [0.05, 0.1) is 12.2 Å². The first-order chi connectivity index (χ1) is 10.2. The van der Waals surface area contributed by atoms with Crippen LogP contribution in [-0.4, -0.2) is 29.1 Å². The summed E-state index contributed by atoms with van der Waals surface area (Å²) in [5.41, 5.74) is 7.94. The first kappa shape index (κ1) is 15.7. The maximum Gasteiger partial charge on any atom is 0.147 e. The van der Waals surface area contributed by atoms with Crippen molar-refractivity contribution in [2.75, 3.05) is 30.8 Å². The molecule has 6 heteroatoms. The Hall–Kier alpha value is -1.66. The summed E-state index contributed by atoms with van der Waals surface area (Å²) in [5, 5.41) is 4.33. The van der Waals surface area contributed by atoms with Crippen LogP contribution in [0.5, 0.6) is 0 Å². The van der Waals surface area contributed by atoms with Gasteiger partial charge >= 0.3 is 0 Å². The minimum absolute atomic E-state index is 0.550. The zero-order valence-electron chi connectivity index (χ0n) is 12.5. The van der Waals surface area contributed by atoms with E-state index in [2.05, 4.69) is 28.5 Å². The van der Waals surface area contributed by atoms with Crippen molar-refractivity contribution in [3.05, 3.63) is 24.5 Å². The smallest absolute Gasteiger partial charge is 0.147 e. The zero-order chi connectivity index (χ0) is 15.1. The molecular weight excluding hydrogens is 284 g/mol. The van der Waals surface area contributed by atoms with Gasteiger partial charge < -0.3 is 15.8 Å². The molecule has 5 nitrogen and oxygen atoms in total. The number of nitrogens with two attached hydrogens (primary N) is 1. The molecule has 2 aromatic heterocycles. The van der Waals surface area contributed by atoms with E-state index in [1.807, 2.05) is 12.1 Å². The number of nitrogen functional groups attached to an aromatic ring is 1. The van der Waals surface area contributed by atoms with Gasteiger partial charge in [0.25, 0.3) is 0 Å². The highest BCUT2D eigenvalue weighted by Crippen LogP contribution is 2.36. The largest absolute Gasteiger partial charge is 0.382 e. The van der Waals surface area contributed by atoms with E-state index in [4.69, 9.17) is 10.5 Å². The van der Waals surface area contributed by atoms with Crippen LogP contribution < -0.4 is 11.1 Å². The lowest BCUT2D eigenvalue weighted by molar-refractivity contribution is 0.133. The molecule has 3 N–H and O–H groups in total. The molecular formula is C15H22N4OS. The molecule has 2 heterocycles. The maximum atomic E-state index is 5.97. The molecule has 0 atom stereocenters. The molecule has 2 rings (SSSR count). The van der Waals surface area contributed by atoms with Gasteiger partial charge in [-0.15, -0.1) is 0 Å². The van der Waals surface area contributed by atoms with Gasteiger partial charge in [-0.1, -0.05) is 13.8 Å². The molecule has 0 fully saturated rings. The van der Waals surface area contributed by atoms with Gasteiger partial charge in [0.15, 0.2) is 0 Å². The Labute approximate surface area is 129 Å². The number of aromatic nitrogens is 2. The lowest BCUT2D eigenvalue weighted by atomic mass is 10.1. The predicted octanol–water partition coefficient (Wildman–Crippen LogP) is 3.26. The second kappa shape index (κ2) is 7.95. The van der Waals surface area contributed by atoms with Crippen molar-refractivity contribution in [2.45, 2.75) is 20.3 Å². The van der Waals surface area contributed by atoms with E-state index in [-0.39, 0.29) is 0 Å². The van der Waals surface area contributed by atoms with E-state index in [1.165, 1.54) is 11.5 Å². The summed E-state index contributed by atoms with van der Waals surface area (Å²) in [6.07, 6.45) is 4.60. The van der Waals surface area contributed by atoms with Crippen LogP contribution in [0.4, 0.5) is 10.8 Å². The molecule has 0 aliphatic carbocycles. The average Bonchev–Trinajstić information content (AvgIpc) is 2.84. The Morgan fingerprint density at radius 1 is 1.29 bits per heavy atom. The van der Waals surface area contributed by atoms with Crippen LogP contribution in [0.15, 0.2) is 24.5 Å². The van der Waals surface area contributed by atoms with E-state index in [0.29, 0.717) is 18.3 Å². The summed E-state index contributed by atoms with van der Waals surface area (Å²) >= 11 is 1.38. The Bertz CT molecular complexity index is 542. The van der Waals surface area contributed by atoms with E-state index >= 15 is 0 Å². The quantitative estimate of drug-likeness (QED) is 0.732. The van der Waals surface area contributed by atoms with Gasteiger partial charge in [-0.3, -0.25) is 4.98 Å². The van der Waals surface area contributed by atoms with E-state index in [1.54, 1.807) is 12.4 Å². The number of hydrogen-bond acceptors (Lipinski definition) is 6. The predicted molar refractivity (Wildman–Crippen MR) is 88.5 cm³/mol. The minimum Gasteiger partial charge on any atom is -0.382 e. The van der Waals surface area contributed by atoms with E-state index in [0.717, 1.165) is 35.7 Å². The summed E-state index contributed by atoms with van der Waals surface area (Å²) in [5.74, 6) is 1.23. The minimum atomic E-state index is 0.550. The summed E-state index contributed by atoms with van der Waals surface area (Å²) in [6, 6.07) is 3.87. The van der Waals surface area contributed by atoms with Crippen molar-refractivity contribution in [3.63, 3.8) is 0 Å². The number of nitrogens with zero attached hydrogens (tertiary/aromatic N) is 2. The second-order valence-corrected chi connectivity index (χ2v) is 6.00. The highest BCUT2D eigenvalue weighted by Gasteiger charge is 2.13. The molecule has 0 saturated carbocycles. The Balaban J connectivity index is 1.87. The van der Waals surface area contributed by atoms with Gasteiger partial charge in [0, 0.05) is 25.5 Å². The topological polar surface area (TPSA) is 73.1 Å². The highest BCUT2D eigenvalue weighted by atomic mass is 32.1. The summed E-state index contributed by atoms with van der Waals surface area (Å²) < 4.78 is 9.83. The first-order valence-corrected chi connectivity index (χ1v) is 7.93. The molecule has 0 amide bonds. The van der Waals surface area contributed by atoms with Gasteiger partial charge in [-0.2, -0.15) is 4.37 Å². The standard InChI is InChI=1S/C15H22N4OS/c1-11(2)5-9-20-10-8-18-15-13(14(16)19-21-15)12-3-6-17-7-4-12/h3-4,6-7,11,18H,5,8-10H2,1-2H3,(H2,16,19). The molecule has 0 aliphatic rings. The summed E-state index contributed by atoms with van der Waals surface area (Å²) in [7, 11) is 0. The molecule has 0 spiro atoms. The van der Waals surface area contributed by atoms with Crippen LogP contribution in [0.1, 0.15) is 20.3 Å². The molecule has 0 bridgehead atoms. The molecule has 0 aliphatic heterocycles. The van der Waals surface area contributed by atoms with Crippen molar-refractivity contribution in [1.82, 2.24) is 9.36 Å². The third-order valence-electron chi connectivity index (χ3n) is 3.06. The lowest BCUT2D eigenvalue weighted by Gasteiger charge is -2.09. The number of rotatable bonds is 8. The van der Waals surface area contributed by atoms with Crippen molar-refractivity contribution in [1.29, 1.82) is 0 Å². The van der Waals surface area contributed by atoms with Crippen LogP contribution >= 0.6 is 11.5 Å². The zero-order valence-corrected chi connectivity index (χ0v) is 13.3. The molecule has 2 aromatic rings. The van der Waals surface area contributed by atoms with Gasteiger partial charge in [-0.05, 0) is 41.6 Å².